The predicted molar refractivity (Wildman–Crippen MR) is 81.3 cm³/mol. The van der Waals surface area contributed by atoms with Crippen molar-refractivity contribution in [2.75, 3.05) is 18.4 Å². The van der Waals surface area contributed by atoms with E-state index in [0.29, 0.717) is 17.9 Å². The molecule has 2 rings (SSSR count). The number of anilines is 1. The van der Waals surface area contributed by atoms with Crippen molar-refractivity contribution in [1.29, 1.82) is 0 Å². The number of aromatic nitrogens is 2. The zero-order chi connectivity index (χ0) is 14.4. The van der Waals surface area contributed by atoms with Crippen LogP contribution in [0, 0.1) is 6.92 Å². The molecule has 0 saturated heterocycles. The van der Waals surface area contributed by atoms with Gasteiger partial charge in [-0.1, -0.05) is 0 Å². The van der Waals surface area contributed by atoms with Gasteiger partial charge in [0.2, 0.25) is 0 Å². The monoisotopic (exact) mass is 290 g/mol. The first kappa shape index (κ1) is 14.5. The zero-order valence-electron chi connectivity index (χ0n) is 11.6. The Bertz CT molecular complexity index is 582. The van der Waals surface area contributed by atoms with Crippen molar-refractivity contribution < 1.29 is 4.79 Å². The third-order valence-electron chi connectivity index (χ3n) is 2.73. The predicted octanol–water partition coefficient (Wildman–Crippen LogP) is 2.25. The van der Waals surface area contributed by atoms with Crippen LogP contribution in [0.2, 0.25) is 0 Å². The summed E-state index contributed by atoms with van der Waals surface area (Å²) in [5.41, 5.74) is 1.59. The van der Waals surface area contributed by atoms with E-state index in [0.717, 1.165) is 23.7 Å². The molecule has 2 aromatic rings. The molecule has 1 amide bonds. The maximum atomic E-state index is 12.1. The molecule has 0 radical (unpaired) electrons. The smallest absolute Gasteiger partial charge is 0.255 e. The zero-order valence-corrected chi connectivity index (χ0v) is 12.5. The van der Waals surface area contributed by atoms with E-state index in [4.69, 9.17) is 0 Å². The number of nitrogens with one attached hydrogen (secondary N) is 2. The van der Waals surface area contributed by atoms with Crippen molar-refractivity contribution >= 4 is 23.1 Å². The maximum absolute atomic E-state index is 12.1. The lowest BCUT2D eigenvalue weighted by Crippen LogP contribution is -2.27. The van der Waals surface area contributed by atoms with Crippen LogP contribution >= 0.6 is 11.3 Å². The van der Waals surface area contributed by atoms with Crippen molar-refractivity contribution in [3.63, 3.8) is 0 Å². The summed E-state index contributed by atoms with van der Waals surface area (Å²) in [6.07, 6.45) is 2.42. The van der Waals surface area contributed by atoms with E-state index < -0.39 is 0 Å². The topological polar surface area (TPSA) is 66.9 Å². The molecule has 106 valence electrons. The molecule has 0 aliphatic carbocycles. The standard InChI is InChI=1S/C14H18N4OS/c1-3-15-13-12(5-4-7-16-13)14(19)17-8-6-11-9-20-10(2)18-11/h4-5,7,9H,3,6,8H2,1-2H3,(H,15,16)(H,17,19). The van der Waals surface area contributed by atoms with E-state index >= 15 is 0 Å². The average Bonchev–Trinajstić information content (AvgIpc) is 2.85. The van der Waals surface area contributed by atoms with Crippen LogP contribution in [0.25, 0.3) is 0 Å². The molecule has 0 aromatic carbocycles. The fourth-order valence-corrected chi connectivity index (χ4v) is 2.47. The highest BCUT2D eigenvalue weighted by molar-refractivity contribution is 7.09. The number of amides is 1. The molecular weight excluding hydrogens is 272 g/mol. The van der Waals surface area contributed by atoms with Crippen LogP contribution in [0.5, 0.6) is 0 Å². The first-order valence-corrected chi connectivity index (χ1v) is 7.46. The number of hydrogen-bond acceptors (Lipinski definition) is 5. The van der Waals surface area contributed by atoms with Crippen molar-refractivity contribution in [2.24, 2.45) is 0 Å². The molecule has 0 aliphatic heterocycles. The molecule has 0 bridgehead atoms. The van der Waals surface area contributed by atoms with Crippen LogP contribution in [-0.2, 0) is 6.42 Å². The van der Waals surface area contributed by atoms with Crippen LogP contribution in [0.4, 0.5) is 5.82 Å². The Balaban J connectivity index is 1.91. The van der Waals surface area contributed by atoms with Crippen LogP contribution in [0.3, 0.4) is 0 Å². The fraction of sp³-hybridized carbons (Fsp3) is 0.357. The van der Waals surface area contributed by atoms with Crippen molar-refractivity contribution in [3.8, 4) is 0 Å². The largest absolute Gasteiger partial charge is 0.370 e. The van der Waals surface area contributed by atoms with Gasteiger partial charge in [0, 0.05) is 31.1 Å². The molecule has 2 N–H and O–H groups in total. The van der Waals surface area contributed by atoms with Crippen molar-refractivity contribution in [2.45, 2.75) is 20.3 Å². The first-order chi connectivity index (χ1) is 9.70. The second kappa shape index (κ2) is 7.00. The molecule has 0 unspecified atom stereocenters. The number of carbonyl (C=O) groups is 1. The summed E-state index contributed by atoms with van der Waals surface area (Å²) < 4.78 is 0. The average molecular weight is 290 g/mol. The minimum absolute atomic E-state index is 0.110. The lowest BCUT2D eigenvalue weighted by atomic mass is 10.2. The van der Waals surface area contributed by atoms with Gasteiger partial charge in [0.25, 0.3) is 5.91 Å². The number of hydrogen-bond donors (Lipinski definition) is 2. The van der Waals surface area contributed by atoms with E-state index in [9.17, 15) is 4.79 Å². The summed E-state index contributed by atoms with van der Waals surface area (Å²) in [4.78, 5) is 20.7. The van der Waals surface area contributed by atoms with E-state index in [1.807, 2.05) is 19.2 Å². The highest BCUT2D eigenvalue weighted by Gasteiger charge is 2.11. The minimum atomic E-state index is -0.110. The Morgan fingerprint density at radius 3 is 3.00 bits per heavy atom. The minimum Gasteiger partial charge on any atom is -0.370 e. The number of carbonyl (C=O) groups excluding carboxylic acids is 1. The van der Waals surface area contributed by atoms with Gasteiger partial charge in [0.05, 0.1) is 16.3 Å². The molecule has 6 heteroatoms. The molecule has 20 heavy (non-hydrogen) atoms. The van der Waals surface area contributed by atoms with E-state index in [1.54, 1.807) is 29.7 Å². The number of nitrogens with zero attached hydrogens (tertiary/aromatic N) is 2. The summed E-state index contributed by atoms with van der Waals surface area (Å²) >= 11 is 1.62. The molecule has 5 nitrogen and oxygen atoms in total. The summed E-state index contributed by atoms with van der Waals surface area (Å²) in [6.45, 7) is 5.25. The van der Waals surface area contributed by atoms with Gasteiger partial charge in [-0.2, -0.15) is 0 Å². The third kappa shape index (κ3) is 3.77. The molecule has 0 saturated carbocycles. The van der Waals surface area contributed by atoms with E-state index in [1.165, 1.54) is 0 Å². The Hall–Kier alpha value is -1.95. The second-order valence-corrected chi connectivity index (χ2v) is 5.36. The quantitative estimate of drug-likeness (QED) is 0.856. The van der Waals surface area contributed by atoms with Crippen molar-refractivity contribution in [3.05, 3.63) is 40.0 Å². The fourth-order valence-electron chi connectivity index (χ4n) is 1.82. The van der Waals surface area contributed by atoms with Gasteiger partial charge in [-0.25, -0.2) is 9.97 Å². The van der Waals surface area contributed by atoms with Crippen LogP contribution in [0.1, 0.15) is 28.0 Å². The van der Waals surface area contributed by atoms with Gasteiger partial charge in [0.1, 0.15) is 5.82 Å². The van der Waals surface area contributed by atoms with Gasteiger partial charge in [0.15, 0.2) is 0 Å². The lowest BCUT2D eigenvalue weighted by Gasteiger charge is -2.09. The molecule has 2 heterocycles. The summed E-state index contributed by atoms with van der Waals surface area (Å²) in [5, 5.41) is 9.06. The van der Waals surface area contributed by atoms with Gasteiger partial charge in [-0.15, -0.1) is 11.3 Å². The van der Waals surface area contributed by atoms with E-state index in [2.05, 4.69) is 20.6 Å². The van der Waals surface area contributed by atoms with Gasteiger partial charge >= 0.3 is 0 Å². The normalized spacial score (nSPS) is 10.3. The van der Waals surface area contributed by atoms with E-state index in [-0.39, 0.29) is 5.91 Å². The van der Waals surface area contributed by atoms with Crippen LogP contribution in [0.15, 0.2) is 23.7 Å². The van der Waals surface area contributed by atoms with Gasteiger partial charge in [-0.3, -0.25) is 4.79 Å². The Labute approximate surface area is 122 Å². The number of thiazole rings is 1. The molecule has 0 fully saturated rings. The molecular formula is C14H18N4OS. The Kier molecular flexibility index (Phi) is 5.06. The molecule has 0 aliphatic rings. The Morgan fingerprint density at radius 2 is 2.30 bits per heavy atom. The third-order valence-corrected chi connectivity index (χ3v) is 3.55. The van der Waals surface area contributed by atoms with Gasteiger partial charge in [-0.05, 0) is 26.0 Å². The highest BCUT2D eigenvalue weighted by atomic mass is 32.1. The second-order valence-electron chi connectivity index (χ2n) is 4.29. The van der Waals surface area contributed by atoms with Crippen LogP contribution in [-0.4, -0.2) is 29.0 Å². The highest BCUT2D eigenvalue weighted by Crippen LogP contribution is 2.11. The summed E-state index contributed by atoms with van der Waals surface area (Å²) in [6, 6.07) is 3.53. The number of aryl methyl sites for hydroxylation is 1. The summed E-state index contributed by atoms with van der Waals surface area (Å²) in [7, 11) is 0. The number of pyridine rings is 1. The van der Waals surface area contributed by atoms with Crippen molar-refractivity contribution in [1.82, 2.24) is 15.3 Å². The van der Waals surface area contributed by atoms with Gasteiger partial charge < -0.3 is 10.6 Å². The molecule has 0 spiro atoms. The first-order valence-electron chi connectivity index (χ1n) is 6.58. The molecule has 0 atom stereocenters. The Morgan fingerprint density at radius 1 is 1.45 bits per heavy atom. The van der Waals surface area contributed by atoms with Crippen LogP contribution < -0.4 is 10.6 Å². The SMILES string of the molecule is CCNc1ncccc1C(=O)NCCc1csc(C)n1. The number of rotatable bonds is 6. The summed E-state index contributed by atoms with van der Waals surface area (Å²) in [5.74, 6) is 0.512. The maximum Gasteiger partial charge on any atom is 0.255 e. The lowest BCUT2D eigenvalue weighted by molar-refractivity contribution is 0.0954. The molecule has 2 aromatic heterocycles.